The van der Waals surface area contributed by atoms with Crippen LogP contribution in [0.25, 0.3) is 0 Å². The van der Waals surface area contributed by atoms with Crippen LogP contribution in [-0.4, -0.2) is 36.1 Å². The first-order valence-corrected chi connectivity index (χ1v) is 4.84. The molecule has 13 heavy (non-hydrogen) atoms. The van der Waals surface area contributed by atoms with Crippen LogP contribution in [0.5, 0.6) is 0 Å². The van der Waals surface area contributed by atoms with Crippen LogP contribution in [0.3, 0.4) is 0 Å². The van der Waals surface area contributed by atoms with Gasteiger partial charge in [-0.25, -0.2) is 0 Å². The van der Waals surface area contributed by atoms with Gasteiger partial charge in [0.15, 0.2) is 0 Å². The molecule has 3 heteroatoms. The van der Waals surface area contributed by atoms with E-state index in [0.29, 0.717) is 0 Å². The van der Waals surface area contributed by atoms with E-state index in [9.17, 15) is 0 Å². The molecule has 0 aromatic carbocycles. The fourth-order valence-corrected chi connectivity index (χ4v) is 1.61. The minimum absolute atomic E-state index is 0.232. The topological polar surface area (TPSA) is 41.3 Å². The fraction of sp³-hybridized carbons (Fsp3) is 0.800. The summed E-state index contributed by atoms with van der Waals surface area (Å²) < 4.78 is 0. The van der Waals surface area contributed by atoms with Crippen LogP contribution in [0.15, 0.2) is 12.3 Å². The summed E-state index contributed by atoms with van der Waals surface area (Å²) in [6.45, 7) is 13.5. The molecule has 1 unspecified atom stereocenters. The Morgan fingerprint density at radius 2 is 2.15 bits per heavy atom. The Hall–Kier alpha value is -0.540. The van der Waals surface area contributed by atoms with Crippen LogP contribution in [-0.2, 0) is 0 Å². The molecular formula is C10H21N3. The maximum absolute atomic E-state index is 5.69. The molecule has 0 saturated carbocycles. The van der Waals surface area contributed by atoms with Crippen LogP contribution in [0.1, 0.15) is 20.8 Å². The van der Waals surface area contributed by atoms with Gasteiger partial charge in [0.25, 0.3) is 0 Å². The molecule has 1 aliphatic rings. The summed E-state index contributed by atoms with van der Waals surface area (Å²) in [6, 6.07) is 0.257. The number of nitrogens with zero attached hydrogens (tertiary/aromatic N) is 1. The largest absolute Gasteiger partial charge is 0.401 e. The minimum Gasteiger partial charge on any atom is -0.401 e. The number of hydrogen-bond donors (Lipinski definition) is 2. The highest BCUT2D eigenvalue weighted by Crippen LogP contribution is 2.16. The summed E-state index contributed by atoms with van der Waals surface area (Å²) in [6.07, 6.45) is 0. The fourth-order valence-electron chi connectivity index (χ4n) is 1.61. The standard InChI is InChI=1S/C10H21N3/c1-8(11)9-7-13(6-5-12-9)10(2,3)4/h9,12H,1,5-7,11H2,2-4H3. The zero-order valence-corrected chi connectivity index (χ0v) is 8.93. The SMILES string of the molecule is C=C(N)C1CN(C(C)(C)C)CCN1. The number of hydrogen-bond acceptors (Lipinski definition) is 3. The van der Waals surface area contributed by atoms with E-state index in [0.717, 1.165) is 25.3 Å². The van der Waals surface area contributed by atoms with Crippen LogP contribution in [0.2, 0.25) is 0 Å². The molecule has 0 aliphatic carbocycles. The van der Waals surface area contributed by atoms with E-state index in [1.165, 1.54) is 0 Å². The van der Waals surface area contributed by atoms with E-state index < -0.39 is 0 Å². The molecule has 0 amide bonds. The first kappa shape index (κ1) is 10.5. The highest BCUT2D eigenvalue weighted by molar-refractivity contribution is 5.04. The van der Waals surface area contributed by atoms with Gasteiger partial charge in [0.05, 0.1) is 6.04 Å². The monoisotopic (exact) mass is 183 g/mol. The van der Waals surface area contributed by atoms with Crippen molar-refractivity contribution in [2.45, 2.75) is 32.4 Å². The Kier molecular flexibility index (Phi) is 2.98. The van der Waals surface area contributed by atoms with Crippen molar-refractivity contribution >= 4 is 0 Å². The van der Waals surface area contributed by atoms with Gasteiger partial charge in [0, 0.05) is 30.9 Å². The molecule has 1 saturated heterocycles. The second-order valence-corrected chi connectivity index (χ2v) is 4.70. The molecule has 1 rings (SSSR count). The summed E-state index contributed by atoms with van der Waals surface area (Å²) in [7, 11) is 0. The third-order valence-electron chi connectivity index (χ3n) is 2.57. The van der Waals surface area contributed by atoms with Gasteiger partial charge in [-0.15, -0.1) is 0 Å². The van der Waals surface area contributed by atoms with Gasteiger partial charge < -0.3 is 11.1 Å². The van der Waals surface area contributed by atoms with E-state index in [4.69, 9.17) is 5.73 Å². The van der Waals surface area contributed by atoms with E-state index in [2.05, 4.69) is 37.6 Å². The minimum atomic E-state index is 0.232. The van der Waals surface area contributed by atoms with Crippen molar-refractivity contribution in [1.82, 2.24) is 10.2 Å². The summed E-state index contributed by atoms with van der Waals surface area (Å²) in [5.74, 6) is 0. The van der Waals surface area contributed by atoms with Gasteiger partial charge in [-0.3, -0.25) is 4.90 Å². The number of nitrogens with one attached hydrogen (secondary N) is 1. The van der Waals surface area contributed by atoms with Gasteiger partial charge in [-0.1, -0.05) is 6.58 Å². The zero-order chi connectivity index (χ0) is 10.1. The summed E-state index contributed by atoms with van der Waals surface area (Å²) >= 11 is 0. The Balaban J connectivity index is 2.57. The van der Waals surface area contributed by atoms with Crippen LogP contribution >= 0.6 is 0 Å². The van der Waals surface area contributed by atoms with Gasteiger partial charge in [-0.2, -0.15) is 0 Å². The lowest BCUT2D eigenvalue weighted by molar-refractivity contribution is 0.103. The van der Waals surface area contributed by atoms with Crippen LogP contribution < -0.4 is 11.1 Å². The molecule has 1 atom stereocenters. The maximum atomic E-state index is 5.69. The number of nitrogens with two attached hydrogens (primary N) is 1. The van der Waals surface area contributed by atoms with Crippen molar-refractivity contribution in [2.75, 3.05) is 19.6 Å². The number of rotatable bonds is 1. The zero-order valence-electron chi connectivity index (χ0n) is 8.93. The third-order valence-corrected chi connectivity index (χ3v) is 2.57. The molecule has 1 fully saturated rings. The summed E-state index contributed by atoms with van der Waals surface area (Å²) in [5.41, 5.74) is 6.67. The quantitative estimate of drug-likeness (QED) is 0.623. The van der Waals surface area contributed by atoms with Crippen molar-refractivity contribution in [1.29, 1.82) is 0 Å². The number of piperazine rings is 1. The molecule has 0 radical (unpaired) electrons. The van der Waals surface area contributed by atoms with E-state index >= 15 is 0 Å². The second kappa shape index (κ2) is 3.68. The molecule has 0 spiro atoms. The van der Waals surface area contributed by atoms with Gasteiger partial charge in [0.1, 0.15) is 0 Å². The highest BCUT2D eigenvalue weighted by Gasteiger charge is 2.27. The van der Waals surface area contributed by atoms with Crippen LogP contribution in [0, 0.1) is 0 Å². The molecule has 3 nitrogen and oxygen atoms in total. The molecule has 1 aliphatic heterocycles. The highest BCUT2D eigenvalue weighted by atomic mass is 15.2. The average molecular weight is 183 g/mol. The van der Waals surface area contributed by atoms with Crippen molar-refractivity contribution < 1.29 is 0 Å². The molecule has 0 aromatic rings. The van der Waals surface area contributed by atoms with Crippen LogP contribution in [0.4, 0.5) is 0 Å². The predicted octanol–water partition coefficient (Wildman–Crippen LogP) is 0.531. The van der Waals surface area contributed by atoms with E-state index in [1.807, 2.05) is 0 Å². The summed E-state index contributed by atoms with van der Waals surface area (Å²) in [5, 5.41) is 3.35. The normalized spacial score (nSPS) is 25.9. The molecule has 76 valence electrons. The lowest BCUT2D eigenvalue weighted by Gasteiger charge is -2.42. The Morgan fingerprint density at radius 3 is 2.62 bits per heavy atom. The van der Waals surface area contributed by atoms with Gasteiger partial charge in [-0.05, 0) is 20.8 Å². The molecule has 0 aromatic heterocycles. The van der Waals surface area contributed by atoms with Crippen molar-refractivity contribution in [2.24, 2.45) is 5.73 Å². The Labute approximate surface area is 81.0 Å². The summed E-state index contributed by atoms with van der Waals surface area (Å²) in [4.78, 5) is 2.44. The lowest BCUT2D eigenvalue weighted by atomic mass is 10.0. The van der Waals surface area contributed by atoms with E-state index in [-0.39, 0.29) is 11.6 Å². The van der Waals surface area contributed by atoms with E-state index in [1.54, 1.807) is 0 Å². The first-order chi connectivity index (χ1) is 5.91. The molecule has 3 N–H and O–H groups in total. The maximum Gasteiger partial charge on any atom is 0.0591 e. The molecule has 0 bridgehead atoms. The second-order valence-electron chi connectivity index (χ2n) is 4.70. The lowest BCUT2D eigenvalue weighted by Crippen LogP contribution is -2.57. The van der Waals surface area contributed by atoms with Gasteiger partial charge >= 0.3 is 0 Å². The molecular weight excluding hydrogens is 162 g/mol. The predicted molar refractivity (Wildman–Crippen MR) is 56.4 cm³/mol. The smallest absolute Gasteiger partial charge is 0.0591 e. The Bertz CT molecular complexity index is 193. The molecule has 1 heterocycles. The Morgan fingerprint density at radius 1 is 1.54 bits per heavy atom. The third kappa shape index (κ3) is 2.71. The van der Waals surface area contributed by atoms with Crippen molar-refractivity contribution in [3.63, 3.8) is 0 Å². The first-order valence-electron chi connectivity index (χ1n) is 4.84. The average Bonchev–Trinajstić information content (AvgIpc) is 2.03. The van der Waals surface area contributed by atoms with Crippen molar-refractivity contribution in [3.05, 3.63) is 12.3 Å². The van der Waals surface area contributed by atoms with Crippen molar-refractivity contribution in [3.8, 4) is 0 Å². The van der Waals surface area contributed by atoms with Gasteiger partial charge in [0.2, 0.25) is 0 Å².